The number of likely N-dealkylation sites (tertiary alicyclic amines) is 1. The molecule has 0 unspecified atom stereocenters. The summed E-state index contributed by atoms with van der Waals surface area (Å²) < 4.78 is 5.91. The van der Waals surface area contributed by atoms with Crippen LogP contribution in [0.2, 0.25) is 0 Å². The SMILES string of the molecule is C/C=C/C(=O)N1CC[C@@H](Oc2ccc3ccccc3n2)C1. The van der Waals surface area contributed by atoms with E-state index in [-0.39, 0.29) is 12.0 Å². The van der Waals surface area contributed by atoms with E-state index in [1.54, 1.807) is 12.2 Å². The smallest absolute Gasteiger partial charge is 0.246 e. The van der Waals surface area contributed by atoms with Crippen molar-refractivity contribution in [3.05, 3.63) is 48.6 Å². The molecule has 0 saturated carbocycles. The van der Waals surface area contributed by atoms with Crippen molar-refractivity contribution in [2.75, 3.05) is 13.1 Å². The zero-order chi connectivity index (χ0) is 14.7. The summed E-state index contributed by atoms with van der Waals surface area (Å²) in [6.45, 7) is 3.21. The molecule has 1 saturated heterocycles. The number of nitrogens with zero attached hydrogens (tertiary/aromatic N) is 2. The van der Waals surface area contributed by atoms with Crippen molar-refractivity contribution in [1.82, 2.24) is 9.88 Å². The van der Waals surface area contributed by atoms with Crippen LogP contribution in [0.4, 0.5) is 0 Å². The number of rotatable bonds is 3. The lowest BCUT2D eigenvalue weighted by Crippen LogP contribution is -2.29. The van der Waals surface area contributed by atoms with Crippen molar-refractivity contribution in [1.29, 1.82) is 0 Å². The number of pyridine rings is 1. The molecule has 4 heteroatoms. The molecule has 0 spiro atoms. The van der Waals surface area contributed by atoms with Gasteiger partial charge in [0.1, 0.15) is 6.10 Å². The molecule has 1 aliphatic rings. The number of hydrogen-bond acceptors (Lipinski definition) is 3. The standard InChI is InChI=1S/C17H18N2O2/c1-2-5-17(20)19-11-10-14(12-19)21-16-9-8-13-6-3-4-7-15(13)18-16/h2-9,14H,10-12H2,1H3/b5-2+/t14-/m1/s1. The van der Waals surface area contributed by atoms with Gasteiger partial charge in [-0.25, -0.2) is 4.98 Å². The molecule has 0 aliphatic carbocycles. The van der Waals surface area contributed by atoms with Crippen LogP contribution >= 0.6 is 0 Å². The summed E-state index contributed by atoms with van der Waals surface area (Å²) >= 11 is 0. The summed E-state index contributed by atoms with van der Waals surface area (Å²) in [5.41, 5.74) is 0.926. The summed E-state index contributed by atoms with van der Waals surface area (Å²) in [6, 6.07) is 11.9. The number of ether oxygens (including phenoxy) is 1. The molecule has 3 rings (SSSR count). The first kappa shape index (κ1) is 13.6. The molecule has 1 aromatic heterocycles. The molecule has 1 fully saturated rings. The third-order valence-electron chi connectivity index (χ3n) is 3.63. The maximum absolute atomic E-state index is 11.8. The predicted octanol–water partition coefficient (Wildman–Crippen LogP) is 2.79. The van der Waals surface area contributed by atoms with Crippen molar-refractivity contribution in [3.8, 4) is 5.88 Å². The summed E-state index contributed by atoms with van der Waals surface area (Å²) in [6.07, 6.45) is 4.23. The van der Waals surface area contributed by atoms with E-state index >= 15 is 0 Å². The molecular formula is C17H18N2O2. The van der Waals surface area contributed by atoms with E-state index in [0.29, 0.717) is 12.4 Å². The zero-order valence-electron chi connectivity index (χ0n) is 12.0. The molecule has 108 valence electrons. The molecule has 0 bridgehead atoms. The van der Waals surface area contributed by atoms with Gasteiger partial charge < -0.3 is 9.64 Å². The lowest BCUT2D eigenvalue weighted by molar-refractivity contribution is -0.125. The van der Waals surface area contributed by atoms with Crippen molar-refractivity contribution in [3.63, 3.8) is 0 Å². The third kappa shape index (κ3) is 3.05. The fourth-order valence-electron chi connectivity index (χ4n) is 2.56. The number of para-hydroxylation sites is 1. The monoisotopic (exact) mass is 282 g/mol. The van der Waals surface area contributed by atoms with E-state index in [0.717, 1.165) is 23.9 Å². The second kappa shape index (κ2) is 5.95. The molecule has 0 radical (unpaired) electrons. The van der Waals surface area contributed by atoms with Crippen molar-refractivity contribution in [2.24, 2.45) is 0 Å². The van der Waals surface area contributed by atoms with Gasteiger partial charge >= 0.3 is 0 Å². The van der Waals surface area contributed by atoms with Crippen LogP contribution in [-0.2, 0) is 4.79 Å². The Kier molecular flexibility index (Phi) is 3.86. The van der Waals surface area contributed by atoms with E-state index < -0.39 is 0 Å². The topological polar surface area (TPSA) is 42.4 Å². The van der Waals surface area contributed by atoms with E-state index in [2.05, 4.69) is 4.98 Å². The highest BCUT2D eigenvalue weighted by Gasteiger charge is 2.26. The van der Waals surface area contributed by atoms with Gasteiger partial charge in [-0.1, -0.05) is 24.3 Å². The highest BCUT2D eigenvalue weighted by molar-refractivity contribution is 5.87. The zero-order valence-corrected chi connectivity index (χ0v) is 12.0. The van der Waals surface area contributed by atoms with Gasteiger partial charge in [-0.2, -0.15) is 0 Å². The molecule has 2 heterocycles. The van der Waals surface area contributed by atoms with Crippen LogP contribution in [0.5, 0.6) is 5.88 Å². The fraction of sp³-hybridized carbons (Fsp3) is 0.294. The first-order valence-corrected chi connectivity index (χ1v) is 7.20. The molecule has 2 aromatic rings. The Hall–Kier alpha value is -2.36. The highest BCUT2D eigenvalue weighted by atomic mass is 16.5. The summed E-state index contributed by atoms with van der Waals surface area (Å²) in [7, 11) is 0. The van der Waals surface area contributed by atoms with Gasteiger partial charge in [-0.15, -0.1) is 0 Å². The minimum absolute atomic E-state index is 0.0212. The number of hydrogen-bond donors (Lipinski definition) is 0. The van der Waals surface area contributed by atoms with E-state index in [9.17, 15) is 4.79 Å². The molecule has 1 aromatic carbocycles. The Morgan fingerprint density at radius 3 is 3.05 bits per heavy atom. The van der Waals surface area contributed by atoms with Gasteiger partial charge in [0.25, 0.3) is 0 Å². The van der Waals surface area contributed by atoms with Crippen LogP contribution < -0.4 is 4.74 Å². The van der Waals surface area contributed by atoms with Crippen LogP contribution in [0.25, 0.3) is 10.9 Å². The van der Waals surface area contributed by atoms with Crippen molar-refractivity contribution >= 4 is 16.8 Å². The van der Waals surface area contributed by atoms with E-state index in [1.807, 2.05) is 48.2 Å². The van der Waals surface area contributed by atoms with Gasteiger partial charge in [-0.05, 0) is 25.1 Å². The van der Waals surface area contributed by atoms with Gasteiger partial charge in [0, 0.05) is 24.4 Å². The normalized spacial score (nSPS) is 18.5. The number of fused-ring (bicyclic) bond motifs is 1. The number of aromatic nitrogens is 1. The second-order valence-electron chi connectivity index (χ2n) is 5.15. The lowest BCUT2D eigenvalue weighted by Gasteiger charge is -2.15. The number of carbonyl (C=O) groups excluding carboxylic acids is 1. The Balaban J connectivity index is 1.67. The molecule has 0 N–H and O–H groups in total. The number of benzene rings is 1. The molecule has 1 atom stereocenters. The van der Waals surface area contributed by atoms with Gasteiger partial charge in [-0.3, -0.25) is 4.79 Å². The van der Waals surface area contributed by atoms with Crippen molar-refractivity contribution in [2.45, 2.75) is 19.4 Å². The minimum Gasteiger partial charge on any atom is -0.472 e. The molecule has 1 amide bonds. The fourth-order valence-corrected chi connectivity index (χ4v) is 2.56. The number of amides is 1. The second-order valence-corrected chi connectivity index (χ2v) is 5.15. The maximum atomic E-state index is 11.8. The Morgan fingerprint density at radius 1 is 1.33 bits per heavy atom. The van der Waals surface area contributed by atoms with E-state index in [4.69, 9.17) is 4.74 Å². The largest absolute Gasteiger partial charge is 0.472 e. The Labute approximate surface area is 124 Å². The van der Waals surface area contributed by atoms with Crippen LogP contribution in [-0.4, -0.2) is 35.0 Å². The maximum Gasteiger partial charge on any atom is 0.246 e. The predicted molar refractivity (Wildman–Crippen MR) is 82.2 cm³/mol. The highest BCUT2D eigenvalue weighted by Crippen LogP contribution is 2.20. The molecule has 1 aliphatic heterocycles. The third-order valence-corrected chi connectivity index (χ3v) is 3.63. The Morgan fingerprint density at radius 2 is 2.19 bits per heavy atom. The number of carbonyl (C=O) groups is 1. The summed E-state index contributed by atoms with van der Waals surface area (Å²) in [5, 5.41) is 1.10. The van der Waals surface area contributed by atoms with Crippen LogP contribution in [0.3, 0.4) is 0 Å². The summed E-state index contributed by atoms with van der Waals surface area (Å²) in [4.78, 5) is 18.1. The minimum atomic E-state index is 0.0212. The van der Waals surface area contributed by atoms with Crippen LogP contribution in [0.15, 0.2) is 48.6 Å². The quantitative estimate of drug-likeness (QED) is 0.813. The average molecular weight is 282 g/mol. The molecular weight excluding hydrogens is 264 g/mol. The first-order valence-electron chi connectivity index (χ1n) is 7.20. The molecule has 4 nitrogen and oxygen atoms in total. The van der Waals surface area contributed by atoms with Crippen LogP contribution in [0, 0.1) is 0 Å². The van der Waals surface area contributed by atoms with Crippen molar-refractivity contribution < 1.29 is 9.53 Å². The van der Waals surface area contributed by atoms with Crippen LogP contribution in [0.1, 0.15) is 13.3 Å². The van der Waals surface area contributed by atoms with E-state index in [1.165, 1.54) is 0 Å². The molecule has 21 heavy (non-hydrogen) atoms. The first-order chi connectivity index (χ1) is 10.3. The number of allylic oxidation sites excluding steroid dienone is 1. The lowest BCUT2D eigenvalue weighted by atomic mass is 10.2. The van der Waals surface area contributed by atoms with Gasteiger partial charge in [0.15, 0.2) is 0 Å². The summed E-state index contributed by atoms with van der Waals surface area (Å²) in [5.74, 6) is 0.675. The Bertz CT molecular complexity index is 681. The van der Waals surface area contributed by atoms with Gasteiger partial charge in [0.2, 0.25) is 11.8 Å². The van der Waals surface area contributed by atoms with Gasteiger partial charge in [0.05, 0.1) is 12.1 Å². The average Bonchev–Trinajstić information content (AvgIpc) is 2.96.